The lowest BCUT2D eigenvalue weighted by Gasteiger charge is -2.14. The summed E-state index contributed by atoms with van der Waals surface area (Å²) in [6, 6.07) is 13.1. The molecule has 208 valence electrons. The van der Waals surface area contributed by atoms with Crippen molar-refractivity contribution >= 4 is 23.7 Å². The van der Waals surface area contributed by atoms with Gasteiger partial charge < -0.3 is 19.5 Å². The maximum Gasteiger partial charge on any atom is 0.435 e. The van der Waals surface area contributed by atoms with E-state index in [1.54, 1.807) is 55.5 Å². The van der Waals surface area contributed by atoms with Crippen LogP contribution in [0, 0.1) is 6.92 Å². The number of carbonyl (C=O) groups is 1. The molecule has 2 aromatic heterocycles. The predicted octanol–water partition coefficient (Wildman–Crippen LogP) is 5.99. The van der Waals surface area contributed by atoms with E-state index in [4.69, 9.17) is 14.2 Å². The number of aryl methyl sites for hydroxylation is 1. The Hall–Kier alpha value is -4.87. The molecule has 40 heavy (non-hydrogen) atoms. The number of esters is 1. The van der Waals surface area contributed by atoms with Crippen LogP contribution in [-0.2, 0) is 15.7 Å². The molecule has 12 heteroatoms. The Morgan fingerprint density at radius 3 is 2.42 bits per heavy atom. The van der Waals surface area contributed by atoms with Gasteiger partial charge in [-0.05, 0) is 43.2 Å². The number of carbonyl (C=O) groups excluding carboxylic acids is 1. The van der Waals surface area contributed by atoms with Gasteiger partial charge in [0.1, 0.15) is 11.5 Å². The summed E-state index contributed by atoms with van der Waals surface area (Å²) in [5, 5.41) is 6.85. The average Bonchev–Trinajstić information content (AvgIpc) is 3.34. The van der Waals surface area contributed by atoms with Crippen molar-refractivity contribution in [3.63, 3.8) is 0 Å². The van der Waals surface area contributed by atoms with Gasteiger partial charge in [0.2, 0.25) is 5.95 Å². The fraction of sp³-hybridized carbons (Fsp3) is 0.214. The normalized spacial score (nSPS) is 11.5. The van der Waals surface area contributed by atoms with Crippen LogP contribution in [0.1, 0.15) is 23.9 Å². The zero-order valence-corrected chi connectivity index (χ0v) is 22.1. The van der Waals surface area contributed by atoms with Crippen LogP contribution in [0.4, 0.5) is 24.8 Å². The predicted molar refractivity (Wildman–Crippen MR) is 143 cm³/mol. The highest BCUT2D eigenvalue weighted by atomic mass is 19.4. The second-order valence-electron chi connectivity index (χ2n) is 8.45. The van der Waals surface area contributed by atoms with Crippen LogP contribution in [0.3, 0.4) is 0 Å². The van der Waals surface area contributed by atoms with E-state index in [1.807, 2.05) is 0 Å². The van der Waals surface area contributed by atoms with Crippen molar-refractivity contribution in [3.8, 4) is 28.4 Å². The smallest absolute Gasteiger partial charge is 0.435 e. The zero-order chi connectivity index (χ0) is 28.9. The number of ether oxygens (including phenoxy) is 3. The molecule has 0 amide bonds. The quantitative estimate of drug-likeness (QED) is 0.199. The van der Waals surface area contributed by atoms with Gasteiger partial charge in [-0.25, -0.2) is 14.5 Å². The van der Waals surface area contributed by atoms with Crippen molar-refractivity contribution in [1.29, 1.82) is 0 Å². The molecule has 9 nitrogen and oxygen atoms in total. The monoisotopic (exact) mass is 553 g/mol. The third-order valence-electron chi connectivity index (χ3n) is 5.65. The topological polar surface area (TPSA) is 100 Å². The number of halogens is 3. The Kier molecular flexibility index (Phi) is 8.37. The number of rotatable bonds is 9. The first-order valence-corrected chi connectivity index (χ1v) is 12.1. The summed E-state index contributed by atoms with van der Waals surface area (Å²) >= 11 is 0. The minimum Gasteiger partial charge on any atom is -0.497 e. The molecule has 0 saturated carbocycles. The number of aromatic nitrogens is 4. The molecule has 4 aromatic rings. The van der Waals surface area contributed by atoms with E-state index in [9.17, 15) is 18.0 Å². The van der Waals surface area contributed by atoms with Gasteiger partial charge in [-0.1, -0.05) is 18.2 Å². The Morgan fingerprint density at radius 2 is 1.80 bits per heavy atom. The van der Waals surface area contributed by atoms with Gasteiger partial charge >= 0.3 is 12.1 Å². The zero-order valence-electron chi connectivity index (χ0n) is 22.1. The molecule has 0 unspecified atom stereocenters. The molecular weight excluding hydrogens is 527 g/mol. The SMILES string of the molecule is CCOC(=O)C=Cc1cccc(-c2cnc(Nc3cc(OC)cc(OC)c3)nc2-n2nc(C(F)(F)F)cc2C)c1. The van der Waals surface area contributed by atoms with E-state index >= 15 is 0 Å². The van der Waals surface area contributed by atoms with Gasteiger partial charge in [0, 0.05) is 47.4 Å². The highest BCUT2D eigenvalue weighted by Gasteiger charge is 2.35. The maximum absolute atomic E-state index is 13.5. The van der Waals surface area contributed by atoms with Crippen LogP contribution in [-0.4, -0.2) is 46.5 Å². The standard InChI is InChI=1S/C28H26F3N5O4/c1-5-40-25(37)10-9-18-7-6-8-19(12-18)23-16-32-27(33-20-13-21(38-3)15-22(14-20)39-4)34-26(23)36-17(2)11-24(35-36)28(29,30)31/h6-16H,5H2,1-4H3,(H,32,33,34). The van der Waals surface area contributed by atoms with Crippen LogP contribution >= 0.6 is 0 Å². The fourth-order valence-electron chi connectivity index (χ4n) is 3.80. The molecule has 0 bridgehead atoms. The summed E-state index contributed by atoms with van der Waals surface area (Å²) in [5.41, 5.74) is 1.39. The number of alkyl halides is 3. The molecule has 2 heterocycles. The van der Waals surface area contributed by atoms with E-state index < -0.39 is 17.8 Å². The molecule has 0 spiro atoms. The number of nitrogens with one attached hydrogen (secondary N) is 1. The first-order chi connectivity index (χ1) is 19.1. The van der Waals surface area contributed by atoms with Gasteiger partial charge in [-0.15, -0.1) is 0 Å². The number of nitrogens with zero attached hydrogens (tertiary/aromatic N) is 4. The van der Waals surface area contributed by atoms with Crippen molar-refractivity contribution in [1.82, 2.24) is 19.7 Å². The van der Waals surface area contributed by atoms with Crippen LogP contribution in [0.2, 0.25) is 0 Å². The third-order valence-corrected chi connectivity index (χ3v) is 5.65. The fourth-order valence-corrected chi connectivity index (χ4v) is 3.80. The lowest BCUT2D eigenvalue weighted by Crippen LogP contribution is -2.10. The summed E-state index contributed by atoms with van der Waals surface area (Å²) in [7, 11) is 3.02. The van der Waals surface area contributed by atoms with E-state index in [2.05, 4.69) is 20.4 Å². The molecule has 0 atom stereocenters. The highest BCUT2D eigenvalue weighted by Crippen LogP contribution is 2.33. The lowest BCUT2D eigenvalue weighted by atomic mass is 10.0. The van der Waals surface area contributed by atoms with Crippen molar-refractivity contribution in [3.05, 3.63) is 77.8 Å². The van der Waals surface area contributed by atoms with Gasteiger partial charge in [0.25, 0.3) is 0 Å². The number of methoxy groups -OCH3 is 2. The minimum absolute atomic E-state index is 0.107. The second-order valence-corrected chi connectivity index (χ2v) is 8.45. The van der Waals surface area contributed by atoms with E-state index in [-0.39, 0.29) is 24.1 Å². The van der Waals surface area contributed by atoms with Crippen LogP contribution < -0.4 is 14.8 Å². The molecule has 0 radical (unpaired) electrons. The molecule has 4 rings (SSSR count). The number of hydrogen-bond acceptors (Lipinski definition) is 8. The first kappa shape index (κ1) is 28.1. The van der Waals surface area contributed by atoms with Gasteiger partial charge in [0.05, 0.1) is 20.8 Å². The molecule has 0 aliphatic rings. The highest BCUT2D eigenvalue weighted by molar-refractivity contribution is 5.87. The van der Waals surface area contributed by atoms with Gasteiger partial charge in [0.15, 0.2) is 11.5 Å². The summed E-state index contributed by atoms with van der Waals surface area (Å²) in [6.07, 6.45) is -0.276. The minimum atomic E-state index is -4.64. The Labute approximate surface area is 228 Å². The van der Waals surface area contributed by atoms with Crippen molar-refractivity contribution < 1.29 is 32.2 Å². The first-order valence-electron chi connectivity index (χ1n) is 12.1. The van der Waals surface area contributed by atoms with Crippen LogP contribution in [0.25, 0.3) is 23.0 Å². The Balaban J connectivity index is 1.81. The van der Waals surface area contributed by atoms with Gasteiger partial charge in [-0.3, -0.25) is 0 Å². The number of benzene rings is 2. The van der Waals surface area contributed by atoms with Crippen LogP contribution in [0.15, 0.2) is 60.8 Å². The van der Waals surface area contributed by atoms with Gasteiger partial charge in [-0.2, -0.15) is 23.3 Å². The maximum atomic E-state index is 13.5. The van der Waals surface area contributed by atoms with E-state index in [1.165, 1.54) is 33.4 Å². The summed E-state index contributed by atoms with van der Waals surface area (Å²) < 4.78 is 57.1. The third kappa shape index (κ3) is 6.57. The summed E-state index contributed by atoms with van der Waals surface area (Å²) in [5.74, 6) is 0.768. The Bertz CT molecular complexity index is 1530. The molecule has 0 fully saturated rings. The summed E-state index contributed by atoms with van der Waals surface area (Å²) in [6.45, 7) is 3.46. The summed E-state index contributed by atoms with van der Waals surface area (Å²) in [4.78, 5) is 20.7. The molecule has 0 aliphatic carbocycles. The molecule has 2 aromatic carbocycles. The van der Waals surface area contributed by atoms with Crippen molar-refractivity contribution in [2.75, 3.05) is 26.1 Å². The molecule has 1 N–H and O–H groups in total. The molecule has 0 aliphatic heterocycles. The number of anilines is 2. The lowest BCUT2D eigenvalue weighted by molar-refractivity contribution is -0.141. The van der Waals surface area contributed by atoms with Crippen LogP contribution in [0.5, 0.6) is 11.5 Å². The van der Waals surface area contributed by atoms with Crippen molar-refractivity contribution in [2.24, 2.45) is 0 Å². The van der Waals surface area contributed by atoms with E-state index in [0.717, 1.165) is 10.7 Å². The van der Waals surface area contributed by atoms with Crippen molar-refractivity contribution in [2.45, 2.75) is 20.0 Å². The Morgan fingerprint density at radius 1 is 1.07 bits per heavy atom. The average molecular weight is 554 g/mol. The largest absolute Gasteiger partial charge is 0.497 e. The number of hydrogen-bond donors (Lipinski definition) is 1. The molecular formula is C28H26F3N5O4. The second kappa shape index (κ2) is 11.9. The molecule has 0 saturated heterocycles. The van der Waals surface area contributed by atoms with E-state index in [0.29, 0.717) is 33.9 Å².